The lowest BCUT2D eigenvalue weighted by molar-refractivity contribution is -0.134. The van der Waals surface area contributed by atoms with Crippen LogP contribution in [0.2, 0.25) is 10.0 Å². The van der Waals surface area contributed by atoms with Crippen molar-refractivity contribution in [2.75, 3.05) is 38.5 Å². The van der Waals surface area contributed by atoms with Gasteiger partial charge in [-0.1, -0.05) is 41.4 Å². The van der Waals surface area contributed by atoms with Gasteiger partial charge < -0.3 is 25.0 Å². The van der Waals surface area contributed by atoms with E-state index in [-0.39, 0.29) is 24.9 Å². The molecule has 0 aliphatic carbocycles. The molecule has 1 atom stereocenters. The van der Waals surface area contributed by atoms with E-state index in [4.69, 9.17) is 38.4 Å². The number of ether oxygens (including phenoxy) is 2. The third-order valence-electron chi connectivity index (χ3n) is 7.23. The van der Waals surface area contributed by atoms with E-state index in [0.717, 1.165) is 50.1 Å². The maximum atomic E-state index is 12.9. The first-order chi connectivity index (χ1) is 18.5. The Balaban J connectivity index is 1.18. The van der Waals surface area contributed by atoms with Crippen molar-refractivity contribution in [2.24, 2.45) is 0 Å². The number of nitrogen functional groups attached to an aromatic ring is 1. The highest BCUT2D eigenvalue weighted by Crippen LogP contribution is 2.31. The van der Waals surface area contributed by atoms with E-state index in [1.165, 1.54) is 12.8 Å². The molecular formula is C29H32Cl2N4O3. The number of carbonyl (C=O) groups excluding carboxylic acids is 1. The number of nitrogens with two attached hydrogens (primary N) is 1. The van der Waals surface area contributed by atoms with Gasteiger partial charge in [0.25, 0.3) is 5.91 Å². The van der Waals surface area contributed by atoms with Crippen molar-refractivity contribution in [1.82, 2.24) is 14.8 Å². The number of nitrogens with zero attached hydrogens (tertiary/aromatic N) is 3. The van der Waals surface area contributed by atoms with Gasteiger partial charge in [0.1, 0.15) is 12.4 Å². The summed E-state index contributed by atoms with van der Waals surface area (Å²) in [5.41, 5.74) is 8.49. The predicted octanol–water partition coefficient (Wildman–Crippen LogP) is 5.68. The van der Waals surface area contributed by atoms with Gasteiger partial charge in [0.05, 0.1) is 0 Å². The van der Waals surface area contributed by atoms with Crippen LogP contribution in [0.5, 0.6) is 11.5 Å². The number of halogens is 2. The van der Waals surface area contributed by atoms with Crippen LogP contribution in [0.3, 0.4) is 0 Å². The fourth-order valence-electron chi connectivity index (χ4n) is 5.14. The topological polar surface area (TPSA) is 80.9 Å². The van der Waals surface area contributed by atoms with Gasteiger partial charge >= 0.3 is 0 Å². The fraction of sp³-hybridized carbons (Fsp3) is 0.379. The zero-order chi connectivity index (χ0) is 26.5. The van der Waals surface area contributed by atoms with E-state index in [2.05, 4.69) is 9.88 Å². The Morgan fingerprint density at radius 3 is 2.45 bits per heavy atom. The second-order valence-electron chi connectivity index (χ2n) is 9.80. The van der Waals surface area contributed by atoms with Crippen molar-refractivity contribution in [1.29, 1.82) is 0 Å². The Hall–Kier alpha value is -3.00. The number of amides is 1. The molecule has 0 spiro atoms. The van der Waals surface area contributed by atoms with Gasteiger partial charge in [0.2, 0.25) is 0 Å². The summed E-state index contributed by atoms with van der Waals surface area (Å²) in [6.07, 6.45) is 6.35. The number of pyridine rings is 1. The molecule has 0 radical (unpaired) electrons. The third-order valence-corrected chi connectivity index (χ3v) is 7.94. The molecule has 2 aromatic carbocycles. The lowest BCUT2D eigenvalue weighted by Gasteiger charge is -2.28. The minimum Gasteiger partial charge on any atom is -0.485 e. The van der Waals surface area contributed by atoms with Gasteiger partial charge in [-0.2, -0.15) is 0 Å². The van der Waals surface area contributed by atoms with E-state index in [1.807, 2.05) is 35.2 Å². The van der Waals surface area contributed by atoms with Gasteiger partial charge in [-0.15, -0.1) is 0 Å². The van der Waals surface area contributed by atoms with Crippen molar-refractivity contribution in [3.63, 3.8) is 0 Å². The molecule has 0 saturated carbocycles. The Bertz CT molecular complexity index is 1240. The molecule has 1 amide bonds. The Morgan fingerprint density at radius 2 is 1.71 bits per heavy atom. The minimum absolute atomic E-state index is 0.0435. The van der Waals surface area contributed by atoms with E-state index >= 15 is 0 Å². The van der Waals surface area contributed by atoms with E-state index in [1.54, 1.807) is 24.4 Å². The molecule has 2 saturated heterocycles. The zero-order valence-corrected chi connectivity index (χ0v) is 22.8. The van der Waals surface area contributed by atoms with Gasteiger partial charge in [-0.05, 0) is 74.7 Å². The number of likely N-dealkylation sites (tertiary alicyclic amines) is 2. The molecule has 9 heteroatoms. The molecule has 7 nitrogen and oxygen atoms in total. The number of benzene rings is 2. The van der Waals surface area contributed by atoms with Crippen molar-refractivity contribution in [3.8, 4) is 22.6 Å². The van der Waals surface area contributed by atoms with E-state index in [0.29, 0.717) is 33.1 Å². The summed E-state index contributed by atoms with van der Waals surface area (Å²) < 4.78 is 11.8. The highest BCUT2D eigenvalue weighted by atomic mass is 35.5. The lowest BCUT2D eigenvalue weighted by atomic mass is 10.1. The van der Waals surface area contributed by atoms with Crippen LogP contribution < -0.4 is 15.2 Å². The monoisotopic (exact) mass is 554 g/mol. The summed E-state index contributed by atoms with van der Waals surface area (Å²) in [6.45, 7) is 4.30. The maximum Gasteiger partial charge on any atom is 0.260 e. The second-order valence-corrected chi connectivity index (χ2v) is 10.6. The van der Waals surface area contributed by atoms with Crippen molar-refractivity contribution < 1.29 is 14.3 Å². The van der Waals surface area contributed by atoms with Crippen LogP contribution in [0.25, 0.3) is 11.1 Å². The quantitative estimate of drug-likeness (QED) is 0.366. The number of rotatable bonds is 9. The normalized spacial score (nSPS) is 17.6. The van der Waals surface area contributed by atoms with E-state index in [9.17, 15) is 4.79 Å². The molecule has 2 aliphatic heterocycles. The van der Waals surface area contributed by atoms with Crippen LogP contribution in [0.4, 0.5) is 5.82 Å². The van der Waals surface area contributed by atoms with Crippen LogP contribution in [-0.4, -0.2) is 59.5 Å². The highest BCUT2D eigenvalue weighted by molar-refractivity contribution is 6.35. The smallest absolute Gasteiger partial charge is 0.260 e. The predicted molar refractivity (Wildman–Crippen MR) is 151 cm³/mol. The van der Waals surface area contributed by atoms with Crippen LogP contribution in [-0.2, 0) is 11.4 Å². The summed E-state index contributed by atoms with van der Waals surface area (Å²) in [7, 11) is 0. The summed E-state index contributed by atoms with van der Waals surface area (Å²) in [5, 5.41) is 1.06. The standard InChI is InChI=1S/C29H32Cl2N4O3/c30-25-6-3-7-26(31)24(25)18-38-27-15-21(16-33-29(27)32)20-8-10-23(11-9-20)37-19-28(36)35-14-4-5-22(35)17-34-12-1-2-13-34/h3,6-11,15-16,22H,1-2,4-5,12-14,17-19H2,(H2,32,33)/t22-/m0/s1. The summed E-state index contributed by atoms with van der Waals surface area (Å²) in [4.78, 5) is 21.7. The molecule has 200 valence electrons. The minimum atomic E-state index is 0.0435. The largest absolute Gasteiger partial charge is 0.485 e. The maximum absolute atomic E-state index is 12.9. The summed E-state index contributed by atoms with van der Waals surface area (Å²) in [5.74, 6) is 1.42. The van der Waals surface area contributed by atoms with Crippen LogP contribution in [0.1, 0.15) is 31.2 Å². The second kappa shape index (κ2) is 12.2. The van der Waals surface area contributed by atoms with Crippen molar-refractivity contribution >= 4 is 34.9 Å². The first-order valence-corrected chi connectivity index (χ1v) is 13.8. The number of hydrogen-bond acceptors (Lipinski definition) is 6. The number of aromatic nitrogens is 1. The first-order valence-electron chi connectivity index (χ1n) is 13.0. The number of hydrogen-bond donors (Lipinski definition) is 1. The third kappa shape index (κ3) is 6.34. The average molecular weight is 556 g/mol. The molecular weight excluding hydrogens is 523 g/mol. The lowest BCUT2D eigenvalue weighted by Crippen LogP contribution is -2.44. The van der Waals surface area contributed by atoms with Crippen molar-refractivity contribution in [3.05, 3.63) is 70.3 Å². The van der Waals surface area contributed by atoms with Crippen LogP contribution in [0, 0.1) is 0 Å². The molecule has 2 aliphatic rings. The summed E-state index contributed by atoms with van der Waals surface area (Å²) >= 11 is 12.5. The molecule has 2 fully saturated rings. The molecule has 1 aromatic heterocycles. The SMILES string of the molecule is Nc1ncc(-c2ccc(OCC(=O)N3CCC[C@H]3CN3CCCC3)cc2)cc1OCc1c(Cl)cccc1Cl. The average Bonchev–Trinajstić information content (AvgIpc) is 3.61. The van der Waals surface area contributed by atoms with Gasteiger partial charge in [-0.25, -0.2) is 4.98 Å². The van der Waals surface area contributed by atoms with Gasteiger partial charge in [0, 0.05) is 46.5 Å². The molecule has 3 aromatic rings. The molecule has 2 N–H and O–H groups in total. The van der Waals surface area contributed by atoms with Gasteiger partial charge in [-0.3, -0.25) is 4.79 Å². The molecule has 38 heavy (non-hydrogen) atoms. The highest BCUT2D eigenvalue weighted by Gasteiger charge is 2.30. The van der Waals surface area contributed by atoms with E-state index < -0.39 is 0 Å². The fourth-order valence-corrected chi connectivity index (χ4v) is 5.64. The molecule has 3 heterocycles. The van der Waals surface area contributed by atoms with Crippen LogP contribution in [0.15, 0.2) is 54.7 Å². The Morgan fingerprint density at radius 1 is 0.974 bits per heavy atom. The number of anilines is 1. The molecule has 5 rings (SSSR count). The zero-order valence-electron chi connectivity index (χ0n) is 21.2. The Kier molecular flexibility index (Phi) is 8.57. The first kappa shape index (κ1) is 26.6. The molecule has 0 bridgehead atoms. The van der Waals surface area contributed by atoms with Gasteiger partial charge in [0.15, 0.2) is 18.2 Å². The van der Waals surface area contributed by atoms with Crippen molar-refractivity contribution in [2.45, 2.75) is 38.3 Å². The Labute approximate surface area is 233 Å². The summed E-state index contributed by atoms with van der Waals surface area (Å²) in [6, 6.07) is 15.0. The molecule has 0 unspecified atom stereocenters. The number of carbonyl (C=O) groups is 1. The van der Waals surface area contributed by atoms with Crippen LogP contribution >= 0.6 is 23.2 Å².